The molecule has 0 aliphatic heterocycles. The van der Waals surface area contributed by atoms with Crippen molar-refractivity contribution in [1.82, 2.24) is 15.6 Å². The maximum absolute atomic E-state index is 11.7. The Bertz CT molecular complexity index is 464. The molecule has 1 atom stereocenters. The van der Waals surface area contributed by atoms with E-state index in [0.29, 0.717) is 11.6 Å². The van der Waals surface area contributed by atoms with Gasteiger partial charge >= 0.3 is 12.0 Å². The molecule has 0 saturated carbocycles. The van der Waals surface area contributed by atoms with Gasteiger partial charge in [0.05, 0.1) is 6.04 Å². The van der Waals surface area contributed by atoms with Crippen LogP contribution in [0.1, 0.15) is 47.7 Å². The number of unbranched alkanes of at least 4 members (excludes halogenated alkanes) is 2. The lowest BCUT2D eigenvalue weighted by Gasteiger charge is -2.12. The third kappa shape index (κ3) is 6.54. The van der Waals surface area contributed by atoms with Gasteiger partial charge in [0.1, 0.15) is 5.01 Å². The summed E-state index contributed by atoms with van der Waals surface area (Å²) < 4.78 is 4.94. The summed E-state index contributed by atoms with van der Waals surface area (Å²) in [7, 11) is 1.67. The highest BCUT2D eigenvalue weighted by Gasteiger charge is 2.15. The van der Waals surface area contributed by atoms with E-state index < -0.39 is 5.97 Å². The molecular formula is C13H21N3O4S. The van der Waals surface area contributed by atoms with Crippen molar-refractivity contribution in [3.05, 3.63) is 16.1 Å². The molecule has 1 aromatic rings. The highest BCUT2D eigenvalue weighted by atomic mass is 32.1. The molecule has 0 bridgehead atoms. The van der Waals surface area contributed by atoms with Crippen LogP contribution in [-0.4, -0.2) is 42.4 Å². The lowest BCUT2D eigenvalue weighted by atomic mass is 10.2. The molecule has 0 radical (unpaired) electrons. The molecule has 21 heavy (non-hydrogen) atoms. The largest absolute Gasteiger partial charge is 0.476 e. The molecule has 0 aliphatic rings. The molecule has 0 saturated heterocycles. The van der Waals surface area contributed by atoms with Crippen LogP contribution < -0.4 is 10.6 Å². The second kappa shape index (κ2) is 9.30. The van der Waals surface area contributed by atoms with Gasteiger partial charge in [0.2, 0.25) is 0 Å². The molecule has 1 aromatic heterocycles. The third-order valence-electron chi connectivity index (χ3n) is 2.77. The minimum Gasteiger partial charge on any atom is -0.476 e. The Morgan fingerprint density at radius 2 is 2.19 bits per heavy atom. The monoisotopic (exact) mass is 315 g/mol. The molecule has 1 unspecified atom stereocenters. The second-order valence-corrected chi connectivity index (χ2v) is 5.44. The Morgan fingerprint density at radius 3 is 2.81 bits per heavy atom. The van der Waals surface area contributed by atoms with Crippen LogP contribution in [0, 0.1) is 0 Å². The Hall–Kier alpha value is -1.67. The lowest BCUT2D eigenvalue weighted by Crippen LogP contribution is -2.37. The van der Waals surface area contributed by atoms with Crippen molar-refractivity contribution < 1.29 is 19.4 Å². The van der Waals surface area contributed by atoms with E-state index in [4.69, 9.17) is 9.84 Å². The van der Waals surface area contributed by atoms with Crippen molar-refractivity contribution in [3.63, 3.8) is 0 Å². The minimum absolute atomic E-state index is 0.00204. The van der Waals surface area contributed by atoms with Gasteiger partial charge in [-0.2, -0.15) is 0 Å². The summed E-state index contributed by atoms with van der Waals surface area (Å²) in [5.74, 6) is -1.06. The Labute approximate surface area is 127 Å². The van der Waals surface area contributed by atoms with E-state index in [-0.39, 0.29) is 17.8 Å². The zero-order valence-corrected chi connectivity index (χ0v) is 13.0. The number of carboxylic acids is 1. The zero-order chi connectivity index (χ0) is 15.7. The molecule has 0 aliphatic carbocycles. The number of carbonyl (C=O) groups is 2. The van der Waals surface area contributed by atoms with Crippen molar-refractivity contribution in [2.24, 2.45) is 0 Å². The van der Waals surface area contributed by atoms with Crippen molar-refractivity contribution in [1.29, 1.82) is 0 Å². The maximum atomic E-state index is 11.7. The van der Waals surface area contributed by atoms with Crippen LogP contribution in [0.3, 0.4) is 0 Å². The second-order valence-electron chi connectivity index (χ2n) is 4.55. The van der Waals surface area contributed by atoms with Crippen molar-refractivity contribution in [3.8, 4) is 0 Å². The van der Waals surface area contributed by atoms with Crippen LogP contribution in [0.4, 0.5) is 4.79 Å². The first kappa shape index (κ1) is 17.4. The summed E-state index contributed by atoms with van der Waals surface area (Å²) in [5.41, 5.74) is 0.00204. The van der Waals surface area contributed by atoms with E-state index in [1.54, 1.807) is 14.0 Å². The van der Waals surface area contributed by atoms with Crippen LogP contribution >= 0.6 is 11.3 Å². The van der Waals surface area contributed by atoms with E-state index in [1.165, 1.54) is 16.7 Å². The van der Waals surface area contributed by atoms with Crippen molar-refractivity contribution in [2.45, 2.75) is 32.2 Å². The minimum atomic E-state index is -1.06. The van der Waals surface area contributed by atoms with Crippen LogP contribution in [0.5, 0.6) is 0 Å². The summed E-state index contributed by atoms with van der Waals surface area (Å²) in [6.45, 7) is 3.10. The van der Waals surface area contributed by atoms with Crippen molar-refractivity contribution in [2.75, 3.05) is 20.3 Å². The number of rotatable bonds is 9. The first-order valence-electron chi connectivity index (χ1n) is 6.76. The lowest BCUT2D eigenvalue weighted by molar-refractivity contribution is 0.0691. The quantitative estimate of drug-likeness (QED) is 0.605. The number of amides is 2. The van der Waals surface area contributed by atoms with Crippen LogP contribution in [0.2, 0.25) is 0 Å². The molecule has 118 valence electrons. The Balaban J connectivity index is 2.25. The number of ether oxygens (including phenoxy) is 1. The average molecular weight is 315 g/mol. The van der Waals surface area contributed by atoms with Gasteiger partial charge in [0, 0.05) is 25.6 Å². The molecule has 0 aromatic carbocycles. The summed E-state index contributed by atoms with van der Waals surface area (Å²) in [6, 6.07) is -0.599. The molecule has 0 fully saturated rings. The van der Waals surface area contributed by atoms with Crippen LogP contribution in [-0.2, 0) is 4.74 Å². The van der Waals surface area contributed by atoms with E-state index in [2.05, 4.69) is 15.6 Å². The number of carboxylic acid groups (broad SMARTS) is 1. The van der Waals surface area contributed by atoms with E-state index >= 15 is 0 Å². The fraction of sp³-hybridized carbons (Fsp3) is 0.615. The number of hydrogen-bond donors (Lipinski definition) is 3. The summed E-state index contributed by atoms with van der Waals surface area (Å²) >= 11 is 1.22. The van der Waals surface area contributed by atoms with Crippen molar-refractivity contribution >= 4 is 23.3 Å². The number of hydrogen-bond acceptors (Lipinski definition) is 5. The molecule has 3 N–H and O–H groups in total. The first-order chi connectivity index (χ1) is 10.0. The van der Waals surface area contributed by atoms with Gasteiger partial charge in [-0.15, -0.1) is 11.3 Å². The number of aromatic nitrogens is 1. The molecule has 2 amide bonds. The standard InChI is InChI=1S/C13H21N3O4S/c1-9(11-16-10(8-21-11)12(17)18)15-13(19)14-6-4-3-5-7-20-2/h8-9H,3-7H2,1-2H3,(H,17,18)(H2,14,15,19). The number of nitrogens with one attached hydrogen (secondary N) is 2. The predicted molar refractivity (Wildman–Crippen MR) is 79.7 cm³/mol. The summed E-state index contributed by atoms with van der Waals surface area (Å²) in [6.07, 6.45) is 2.87. The van der Waals surface area contributed by atoms with Gasteiger partial charge in [-0.05, 0) is 26.2 Å². The number of carbonyl (C=O) groups excluding carboxylic acids is 1. The Kier molecular flexibility index (Phi) is 7.70. The van der Waals surface area contributed by atoms with Crippen LogP contribution in [0.25, 0.3) is 0 Å². The van der Waals surface area contributed by atoms with Gasteiger partial charge in [-0.3, -0.25) is 0 Å². The zero-order valence-electron chi connectivity index (χ0n) is 12.2. The van der Waals surface area contributed by atoms with Gasteiger partial charge < -0.3 is 20.5 Å². The SMILES string of the molecule is COCCCCCNC(=O)NC(C)c1nc(C(=O)O)cs1. The van der Waals surface area contributed by atoms with Gasteiger partial charge in [0.25, 0.3) is 0 Å². The number of urea groups is 1. The van der Waals surface area contributed by atoms with Crippen LogP contribution in [0.15, 0.2) is 5.38 Å². The van der Waals surface area contributed by atoms with E-state index in [9.17, 15) is 9.59 Å². The summed E-state index contributed by atoms with van der Waals surface area (Å²) in [4.78, 5) is 26.4. The molecular weight excluding hydrogens is 294 g/mol. The Morgan fingerprint density at radius 1 is 1.43 bits per heavy atom. The predicted octanol–water partition coefficient (Wildman–Crippen LogP) is 2.02. The molecule has 1 heterocycles. The van der Waals surface area contributed by atoms with Gasteiger partial charge in [-0.1, -0.05) is 0 Å². The number of thiazole rings is 1. The fourth-order valence-electron chi connectivity index (χ4n) is 1.64. The number of methoxy groups -OCH3 is 1. The normalized spacial score (nSPS) is 11.9. The highest BCUT2D eigenvalue weighted by molar-refractivity contribution is 7.09. The number of nitrogens with zero attached hydrogens (tertiary/aromatic N) is 1. The van der Waals surface area contributed by atoms with Gasteiger partial charge in [-0.25, -0.2) is 14.6 Å². The topological polar surface area (TPSA) is 101 Å². The molecule has 1 rings (SSSR count). The smallest absolute Gasteiger partial charge is 0.355 e. The van der Waals surface area contributed by atoms with Gasteiger partial charge in [0.15, 0.2) is 5.69 Å². The number of aromatic carboxylic acids is 1. The maximum Gasteiger partial charge on any atom is 0.355 e. The van der Waals surface area contributed by atoms with E-state index in [1.807, 2.05) is 0 Å². The summed E-state index contributed by atoms with van der Waals surface area (Å²) in [5, 5.41) is 16.3. The first-order valence-corrected chi connectivity index (χ1v) is 7.64. The average Bonchev–Trinajstić information content (AvgIpc) is 2.92. The molecule has 7 nitrogen and oxygen atoms in total. The molecule has 8 heteroatoms. The fourth-order valence-corrected chi connectivity index (χ4v) is 2.44. The van der Waals surface area contributed by atoms with E-state index in [0.717, 1.165) is 25.9 Å². The highest BCUT2D eigenvalue weighted by Crippen LogP contribution is 2.17. The molecule has 0 spiro atoms. The third-order valence-corrected chi connectivity index (χ3v) is 3.80.